The molecule has 2 rings (SSSR count). The van der Waals surface area contributed by atoms with Gasteiger partial charge in [0, 0.05) is 23.8 Å². The number of halogens is 1. The number of ether oxygens (including phenoxy) is 1. The van der Waals surface area contributed by atoms with Gasteiger partial charge in [-0.05, 0) is 52.5 Å². The fourth-order valence-corrected chi connectivity index (χ4v) is 2.60. The van der Waals surface area contributed by atoms with E-state index in [2.05, 4.69) is 15.6 Å². The van der Waals surface area contributed by atoms with Gasteiger partial charge in [-0.3, -0.25) is 0 Å². The first-order valence-electron chi connectivity index (χ1n) is 7.69. The van der Waals surface area contributed by atoms with Crippen molar-refractivity contribution < 1.29 is 9.53 Å². The minimum Gasteiger partial charge on any atom is -0.474 e. The van der Waals surface area contributed by atoms with E-state index in [9.17, 15) is 4.79 Å². The van der Waals surface area contributed by atoms with Crippen LogP contribution in [0.5, 0.6) is 5.88 Å². The Balaban J connectivity index is 1.73. The number of urea groups is 1. The molecular formula is C16H24ClN3O2. The van der Waals surface area contributed by atoms with E-state index in [4.69, 9.17) is 16.3 Å². The van der Waals surface area contributed by atoms with Crippen molar-refractivity contribution in [3.05, 3.63) is 23.4 Å². The molecule has 0 bridgehead atoms. The molecular weight excluding hydrogens is 302 g/mol. The fraction of sp³-hybridized carbons (Fsp3) is 0.625. The van der Waals surface area contributed by atoms with Gasteiger partial charge in [0.1, 0.15) is 6.10 Å². The minimum atomic E-state index is -0.218. The molecule has 0 atom stereocenters. The van der Waals surface area contributed by atoms with E-state index in [0.717, 1.165) is 25.7 Å². The number of nitrogens with one attached hydrogen (secondary N) is 2. The number of amides is 2. The number of hydrogen-bond acceptors (Lipinski definition) is 3. The molecule has 0 aliphatic heterocycles. The van der Waals surface area contributed by atoms with Crippen molar-refractivity contribution in [2.24, 2.45) is 0 Å². The van der Waals surface area contributed by atoms with Gasteiger partial charge in [0.05, 0.1) is 5.02 Å². The minimum absolute atomic E-state index is 0.101. The number of nitrogens with zero attached hydrogens (tertiary/aromatic N) is 1. The van der Waals surface area contributed by atoms with E-state index < -0.39 is 0 Å². The lowest BCUT2D eigenvalue weighted by Gasteiger charge is -2.30. The van der Waals surface area contributed by atoms with Gasteiger partial charge in [-0.1, -0.05) is 11.6 Å². The van der Waals surface area contributed by atoms with Gasteiger partial charge in [0.15, 0.2) is 0 Å². The normalized spacial score (nSPS) is 22.0. The number of pyridine rings is 1. The van der Waals surface area contributed by atoms with Gasteiger partial charge >= 0.3 is 6.03 Å². The van der Waals surface area contributed by atoms with Crippen molar-refractivity contribution >= 4 is 17.6 Å². The maximum Gasteiger partial charge on any atom is 0.315 e. The van der Waals surface area contributed by atoms with E-state index in [0.29, 0.717) is 10.9 Å². The fourth-order valence-electron chi connectivity index (χ4n) is 2.49. The maximum atomic E-state index is 11.9. The highest BCUT2D eigenvalue weighted by atomic mass is 35.5. The molecule has 1 heterocycles. The Bertz CT molecular complexity index is 491. The Morgan fingerprint density at radius 3 is 2.50 bits per heavy atom. The first-order valence-corrected chi connectivity index (χ1v) is 8.06. The van der Waals surface area contributed by atoms with Gasteiger partial charge in [-0.25, -0.2) is 9.78 Å². The number of carbonyl (C=O) groups is 1. The molecule has 1 fully saturated rings. The largest absolute Gasteiger partial charge is 0.474 e. The monoisotopic (exact) mass is 325 g/mol. The number of aromatic nitrogens is 1. The van der Waals surface area contributed by atoms with Crippen LogP contribution in [0, 0.1) is 0 Å². The molecule has 1 saturated carbocycles. The average Bonchev–Trinajstić information content (AvgIpc) is 2.41. The van der Waals surface area contributed by atoms with E-state index in [1.807, 2.05) is 20.8 Å². The molecule has 1 aliphatic carbocycles. The van der Waals surface area contributed by atoms with Crippen LogP contribution in [0.4, 0.5) is 4.79 Å². The summed E-state index contributed by atoms with van der Waals surface area (Å²) in [7, 11) is 0. The molecule has 5 nitrogen and oxygen atoms in total. The van der Waals surface area contributed by atoms with E-state index >= 15 is 0 Å². The van der Waals surface area contributed by atoms with Crippen molar-refractivity contribution in [1.29, 1.82) is 0 Å². The summed E-state index contributed by atoms with van der Waals surface area (Å²) in [4.78, 5) is 16.0. The van der Waals surface area contributed by atoms with Crippen LogP contribution in [-0.2, 0) is 0 Å². The third kappa shape index (κ3) is 5.72. The molecule has 0 aromatic carbocycles. The zero-order valence-corrected chi connectivity index (χ0v) is 14.1. The molecule has 2 amide bonds. The predicted octanol–water partition coefficient (Wildman–Crippen LogP) is 3.52. The molecule has 0 spiro atoms. The molecule has 0 saturated heterocycles. The van der Waals surface area contributed by atoms with Crippen molar-refractivity contribution in [2.75, 3.05) is 0 Å². The summed E-state index contributed by atoms with van der Waals surface area (Å²) in [5.41, 5.74) is -0.218. The lowest BCUT2D eigenvalue weighted by Crippen LogP contribution is -2.50. The van der Waals surface area contributed by atoms with Crippen molar-refractivity contribution in [1.82, 2.24) is 15.6 Å². The zero-order valence-electron chi connectivity index (χ0n) is 13.4. The summed E-state index contributed by atoms with van der Waals surface area (Å²) in [6.45, 7) is 5.91. The summed E-state index contributed by atoms with van der Waals surface area (Å²) in [6, 6.07) is 3.66. The standard InChI is InChI=1S/C16H24ClN3O2/c1-16(2,3)20-15(21)19-12-5-7-13(8-6-12)22-14-9-4-11(17)10-18-14/h4,9-10,12-13H,5-8H2,1-3H3,(H2,19,20,21). The third-order valence-electron chi connectivity index (χ3n) is 3.49. The number of rotatable bonds is 3. The second kappa shape index (κ2) is 7.18. The number of hydrogen-bond donors (Lipinski definition) is 2. The molecule has 22 heavy (non-hydrogen) atoms. The van der Waals surface area contributed by atoms with Crippen molar-refractivity contribution in [3.8, 4) is 5.88 Å². The van der Waals surface area contributed by atoms with Crippen LogP contribution in [0.2, 0.25) is 5.02 Å². The van der Waals surface area contributed by atoms with Gasteiger partial charge in [0.2, 0.25) is 5.88 Å². The SMILES string of the molecule is CC(C)(C)NC(=O)NC1CCC(Oc2ccc(Cl)cn2)CC1. The summed E-state index contributed by atoms with van der Waals surface area (Å²) in [6.07, 6.45) is 5.37. The summed E-state index contributed by atoms with van der Waals surface area (Å²) in [5, 5.41) is 6.55. The Kier molecular flexibility index (Phi) is 5.51. The van der Waals surface area contributed by atoms with Crippen LogP contribution in [0.15, 0.2) is 18.3 Å². The molecule has 1 aromatic heterocycles. The van der Waals surface area contributed by atoms with Gasteiger partial charge in [-0.15, -0.1) is 0 Å². The van der Waals surface area contributed by atoms with Crippen LogP contribution in [0.3, 0.4) is 0 Å². The third-order valence-corrected chi connectivity index (χ3v) is 3.71. The Morgan fingerprint density at radius 1 is 1.27 bits per heavy atom. The van der Waals surface area contributed by atoms with Crippen molar-refractivity contribution in [2.45, 2.75) is 64.1 Å². The van der Waals surface area contributed by atoms with Gasteiger partial charge < -0.3 is 15.4 Å². The molecule has 0 unspecified atom stereocenters. The molecule has 0 radical (unpaired) electrons. The summed E-state index contributed by atoms with van der Waals surface area (Å²) < 4.78 is 5.85. The zero-order chi connectivity index (χ0) is 16.2. The van der Waals surface area contributed by atoms with Crippen LogP contribution in [0.1, 0.15) is 46.5 Å². The molecule has 1 aromatic rings. The molecule has 122 valence electrons. The second-order valence-corrected chi connectivity index (χ2v) is 7.19. The highest BCUT2D eigenvalue weighted by molar-refractivity contribution is 6.30. The smallest absolute Gasteiger partial charge is 0.315 e. The first kappa shape index (κ1) is 16.9. The van der Waals surface area contributed by atoms with Gasteiger partial charge in [-0.2, -0.15) is 0 Å². The lowest BCUT2D eigenvalue weighted by molar-refractivity contribution is 0.134. The number of carbonyl (C=O) groups excluding carboxylic acids is 1. The summed E-state index contributed by atoms with van der Waals surface area (Å²) in [5.74, 6) is 0.603. The lowest BCUT2D eigenvalue weighted by atomic mass is 9.93. The molecule has 6 heteroatoms. The Morgan fingerprint density at radius 2 is 1.95 bits per heavy atom. The van der Waals surface area contributed by atoms with Crippen LogP contribution < -0.4 is 15.4 Å². The van der Waals surface area contributed by atoms with Crippen molar-refractivity contribution in [3.63, 3.8) is 0 Å². The highest BCUT2D eigenvalue weighted by Crippen LogP contribution is 2.23. The quantitative estimate of drug-likeness (QED) is 0.893. The predicted molar refractivity (Wildman–Crippen MR) is 87.3 cm³/mol. The van der Waals surface area contributed by atoms with Crippen LogP contribution in [0.25, 0.3) is 0 Å². The maximum absolute atomic E-state index is 11.9. The Hall–Kier alpha value is -1.49. The van der Waals surface area contributed by atoms with Crippen LogP contribution >= 0.6 is 11.6 Å². The van der Waals surface area contributed by atoms with E-state index in [1.165, 1.54) is 0 Å². The molecule has 1 aliphatic rings. The highest BCUT2D eigenvalue weighted by Gasteiger charge is 2.24. The Labute approximate surface area is 136 Å². The van der Waals surface area contributed by atoms with E-state index in [-0.39, 0.29) is 23.7 Å². The second-order valence-electron chi connectivity index (χ2n) is 6.75. The molecule has 2 N–H and O–H groups in total. The van der Waals surface area contributed by atoms with Crippen LogP contribution in [-0.4, -0.2) is 28.7 Å². The first-order chi connectivity index (χ1) is 10.3. The summed E-state index contributed by atoms with van der Waals surface area (Å²) >= 11 is 5.80. The topological polar surface area (TPSA) is 63.2 Å². The van der Waals surface area contributed by atoms with Gasteiger partial charge in [0.25, 0.3) is 0 Å². The average molecular weight is 326 g/mol. The van der Waals surface area contributed by atoms with E-state index in [1.54, 1.807) is 18.3 Å².